The van der Waals surface area contributed by atoms with Crippen LogP contribution in [0.3, 0.4) is 0 Å². The zero-order valence-electron chi connectivity index (χ0n) is 19.6. The van der Waals surface area contributed by atoms with Gasteiger partial charge in [-0.15, -0.1) is 11.3 Å². The van der Waals surface area contributed by atoms with Crippen LogP contribution in [0.2, 0.25) is 0 Å². The molecule has 1 unspecified atom stereocenters. The molecular formula is C26H31N3O3S. The summed E-state index contributed by atoms with van der Waals surface area (Å²) >= 11 is 1.67. The fourth-order valence-electron chi connectivity index (χ4n) is 3.81. The van der Waals surface area contributed by atoms with E-state index in [0.29, 0.717) is 12.0 Å². The van der Waals surface area contributed by atoms with Crippen molar-refractivity contribution in [3.05, 3.63) is 80.7 Å². The number of nitrogens with zero attached hydrogens (tertiary/aromatic N) is 1. The van der Waals surface area contributed by atoms with Crippen molar-refractivity contribution in [3.63, 3.8) is 0 Å². The van der Waals surface area contributed by atoms with E-state index in [2.05, 4.69) is 21.7 Å². The Labute approximate surface area is 199 Å². The minimum atomic E-state index is -0.735. The SMILES string of the molecule is CNc1cccc(CCCc2ccc(CC(NC(=O)c3c(C)cccc3C)C(=O)OC)s2)n1. The molecule has 6 nitrogen and oxygen atoms in total. The summed E-state index contributed by atoms with van der Waals surface area (Å²) in [6.45, 7) is 3.79. The second-order valence-electron chi connectivity index (χ2n) is 8.01. The fourth-order valence-corrected chi connectivity index (χ4v) is 4.91. The molecule has 0 saturated carbocycles. The Bertz CT molecular complexity index is 1090. The highest BCUT2D eigenvalue weighted by atomic mass is 32.1. The maximum absolute atomic E-state index is 12.9. The van der Waals surface area contributed by atoms with Crippen LogP contribution in [0.1, 0.15) is 43.4 Å². The Morgan fingerprint density at radius 1 is 1.00 bits per heavy atom. The highest BCUT2D eigenvalue weighted by molar-refractivity contribution is 7.12. The number of hydrogen-bond acceptors (Lipinski definition) is 6. The third kappa shape index (κ3) is 6.65. The van der Waals surface area contributed by atoms with Gasteiger partial charge in [0.25, 0.3) is 5.91 Å². The predicted octanol–water partition coefficient (Wildman–Crippen LogP) is 4.49. The second kappa shape index (κ2) is 11.6. The molecule has 33 heavy (non-hydrogen) atoms. The van der Waals surface area contributed by atoms with Crippen LogP contribution in [-0.4, -0.2) is 37.1 Å². The van der Waals surface area contributed by atoms with Gasteiger partial charge in [0, 0.05) is 34.5 Å². The average Bonchev–Trinajstić information content (AvgIpc) is 3.25. The largest absolute Gasteiger partial charge is 0.467 e. The monoisotopic (exact) mass is 465 g/mol. The number of ether oxygens (including phenoxy) is 1. The molecule has 1 atom stereocenters. The van der Waals surface area contributed by atoms with Crippen molar-refractivity contribution >= 4 is 29.0 Å². The molecule has 174 valence electrons. The van der Waals surface area contributed by atoms with E-state index in [1.807, 2.05) is 63.4 Å². The third-order valence-corrected chi connectivity index (χ3v) is 6.71. The van der Waals surface area contributed by atoms with Gasteiger partial charge in [-0.1, -0.05) is 24.3 Å². The van der Waals surface area contributed by atoms with Crippen LogP contribution >= 0.6 is 11.3 Å². The van der Waals surface area contributed by atoms with Crippen LogP contribution < -0.4 is 10.6 Å². The van der Waals surface area contributed by atoms with E-state index < -0.39 is 12.0 Å². The van der Waals surface area contributed by atoms with Crippen LogP contribution in [0.4, 0.5) is 5.82 Å². The lowest BCUT2D eigenvalue weighted by molar-refractivity contribution is -0.142. The number of nitrogens with one attached hydrogen (secondary N) is 2. The van der Waals surface area contributed by atoms with Crippen LogP contribution in [0.25, 0.3) is 0 Å². The van der Waals surface area contributed by atoms with Crippen LogP contribution in [-0.2, 0) is 28.8 Å². The molecule has 0 aliphatic carbocycles. The summed E-state index contributed by atoms with van der Waals surface area (Å²) in [7, 11) is 3.21. The van der Waals surface area contributed by atoms with Crippen LogP contribution in [0, 0.1) is 13.8 Å². The summed E-state index contributed by atoms with van der Waals surface area (Å²) < 4.78 is 4.96. The molecule has 2 aromatic heterocycles. The quantitative estimate of drug-likeness (QED) is 0.431. The first-order chi connectivity index (χ1) is 15.9. The second-order valence-corrected chi connectivity index (χ2v) is 9.26. The number of thiophene rings is 1. The van der Waals surface area contributed by atoms with Gasteiger partial charge >= 0.3 is 5.97 Å². The van der Waals surface area contributed by atoms with E-state index in [-0.39, 0.29) is 5.91 Å². The van der Waals surface area contributed by atoms with Gasteiger partial charge in [0.15, 0.2) is 0 Å². The topological polar surface area (TPSA) is 80.3 Å². The number of aromatic nitrogens is 1. The summed E-state index contributed by atoms with van der Waals surface area (Å²) in [5.74, 6) is 0.178. The van der Waals surface area contributed by atoms with Crippen molar-refractivity contribution in [1.29, 1.82) is 0 Å². The number of benzene rings is 1. The molecule has 0 spiro atoms. The maximum Gasteiger partial charge on any atom is 0.328 e. The Morgan fingerprint density at radius 3 is 2.39 bits per heavy atom. The fraction of sp³-hybridized carbons (Fsp3) is 0.346. The van der Waals surface area contributed by atoms with Gasteiger partial charge in [0.2, 0.25) is 0 Å². The van der Waals surface area contributed by atoms with Crippen LogP contribution in [0.15, 0.2) is 48.5 Å². The van der Waals surface area contributed by atoms with Crippen molar-refractivity contribution in [2.24, 2.45) is 0 Å². The van der Waals surface area contributed by atoms with Gasteiger partial charge in [-0.25, -0.2) is 9.78 Å². The molecule has 0 bridgehead atoms. The lowest BCUT2D eigenvalue weighted by Crippen LogP contribution is -2.43. The first kappa shape index (κ1) is 24.5. The Morgan fingerprint density at radius 2 is 1.70 bits per heavy atom. The highest BCUT2D eigenvalue weighted by Crippen LogP contribution is 2.21. The van der Waals surface area contributed by atoms with Crippen molar-refractivity contribution in [2.45, 2.75) is 45.6 Å². The Balaban J connectivity index is 1.61. The minimum absolute atomic E-state index is 0.255. The lowest BCUT2D eigenvalue weighted by Gasteiger charge is -2.17. The van der Waals surface area contributed by atoms with Gasteiger partial charge in [-0.05, 0) is 68.5 Å². The Hall–Kier alpha value is -3.19. The zero-order chi connectivity index (χ0) is 23.8. The molecule has 0 fully saturated rings. The predicted molar refractivity (Wildman–Crippen MR) is 133 cm³/mol. The van der Waals surface area contributed by atoms with E-state index in [1.165, 1.54) is 12.0 Å². The van der Waals surface area contributed by atoms with Crippen molar-refractivity contribution in [3.8, 4) is 0 Å². The summed E-state index contributed by atoms with van der Waals surface area (Å²) in [4.78, 5) is 32.2. The average molecular weight is 466 g/mol. The molecule has 3 aromatic rings. The summed E-state index contributed by atoms with van der Waals surface area (Å²) in [6, 6.07) is 15.1. The normalized spacial score (nSPS) is 11.6. The number of pyridine rings is 1. The first-order valence-corrected chi connectivity index (χ1v) is 11.9. The number of hydrogen-bond donors (Lipinski definition) is 2. The summed E-state index contributed by atoms with van der Waals surface area (Å²) in [5, 5.41) is 5.94. The molecule has 0 aliphatic rings. The van der Waals surface area contributed by atoms with Gasteiger partial charge in [-0.2, -0.15) is 0 Å². The number of esters is 1. The van der Waals surface area contributed by atoms with Crippen molar-refractivity contribution in [1.82, 2.24) is 10.3 Å². The van der Waals surface area contributed by atoms with Gasteiger partial charge in [-0.3, -0.25) is 4.79 Å². The van der Waals surface area contributed by atoms with E-state index in [1.54, 1.807) is 11.3 Å². The summed E-state index contributed by atoms with van der Waals surface area (Å²) in [5.41, 5.74) is 3.43. The smallest absolute Gasteiger partial charge is 0.328 e. The van der Waals surface area contributed by atoms with Crippen molar-refractivity contribution in [2.75, 3.05) is 19.5 Å². The van der Waals surface area contributed by atoms with Gasteiger partial charge in [0.05, 0.1) is 7.11 Å². The molecule has 1 aromatic carbocycles. The number of carbonyl (C=O) groups is 2. The molecule has 0 saturated heterocycles. The third-order valence-electron chi connectivity index (χ3n) is 5.54. The number of rotatable bonds is 10. The molecule has 2 heterocycles. The first-order valence-electron chi connectivity index (χ1n) is 11.1. The van der Waals surface area contributed by atoms with E-state index in [9.17, 15) is 9.59 Å². The highest BCUT2D eigenvalue weighted by Gasteiger charge is 2.24. The number of aryl methyl sites for hydroxylation is 4. The standard InChI is InChI=1S/C26H31N3O3S/c1-17-8-5-9-18(2)24(17)25(30)29-22(26(31)32-4)16-21-15-14-20(33-21)12-6-10-19-11-7-13-23(27-3)28-19/h5,7-9,11,13-15,22H,6,10,12,16H2,1-4H3,(H,27,28)(H,29,30). The number of methoxy groups -OCH3 is 1. The molecule has 1 amide bonds. The van der Waals surface area contributed by atoms with Crippen molar-refractivity contribution < 1.29 is 14.3 Å². The number of carbonyl (C=O) groups excluding carboxylic acids is 2. The zero-order valence-corrected chi connectivity index (χ0v) is 20.4. The van der Waals surface area contributed by atoms with Crippen LogP contribution in [0.5, 0.6) is 0 Å². The minimum Gasteiger partial charge on any atom is -0.467 e. The molecule has 0 aliphatic heterocycles. The Kier molecular flexibility index (Phi) is 8.60. The molecule has 3 rings (SSSR count). The lowest BCUT2D eigenvalue weighted by atomic mass is 10.0. The summed E-state index contributed by atoms with van der Waals surface area (Å²) in [6.07, 6.45) is 3.23. The van der Waals surface area contributed by atoms with E-state index in [4.69, 9.17) is 4.74 Å². The van der Waals surface area contributed by atoms with Gasteiger partial charge < -0.3 is 15.4 Å². The number of amides is 1. The number of anilines is 1. The molecule has 7 heteroatoms. The molecule has 2 N–H and O–H groups in total. The van der Waals surface area contributed by atoms with E-state index in [0.717, 1.165) is 46.8 Å². The van der Waals surface area contributed by atoms with Gasteiger partial charge in [0.1, 0.15) is 11.9 Å². The van der Waals surface area contributed by atoms with E-state index >= 15 is 0 Å². The maximum atomic E-state index is 12.9. The molecule has 0 radical (unpaired) electrons. The molecular weight excluding hydrogens is 434 g/mol.